The molecule has 0 aliphatic carbocycles. The summed E-state index contributed by atoms with van der Waals surface area (Å²) in [5.41, 5.74) is 2.68. The van der Waals surface area contributed by atoms with Crippen molar-refractivity contribution in [2.75, 3.05) is 0 Å². The first-order chi connectivity index (χ1) is 12.1. The molecular weight excluding hydrogens is 377 g/mol. The first kappa shape index (κ1) is 16.1. The van der Waals surface area contributed by atoms with Gasteiger partial charge in [0.15, 0.2) is 5.82 Å². The van der Waals surface area contributed by atoms with Crippen LogP contribution in [0.2, 0.25) is 10.0 Å². The maximum atomic E-state index is 6.28. The van der Waals surface area contributed by atoms with Gasteiger partial charge in [-0.25, -0.2) is 5.10 Å². The van der Waals surface area contributed by atoms with Crippen LogP contribution in [-0.2, 0) is 0 Å². The number of benzene rings is 2. The van der Waals surface area contributed by atoms with Crippen molar-refractivity contribution in [3.05, 3.63) is 69.0 Å². The summed E-state index contributed by atoms with van der Waals surface area (Å²) in [5, 5.41) is 13.6. The lowest BCUT2D eigenvalue weighted by atomic mass is 10.2. The number of aromatic nitrogens is 4. The van der Waals surface area contributed by atoms with Gasteiger partial charge in [-0.1, -0.05) is 41.4 Å². The normalized spacial score (nSPS) is 11.6. The third-order valence-corrected chi connectivity index (χ3v) is 4.57. The standard InChI is InChI=1S/C17H11Cl2N5S/c18-11-5-6-13(14(19)7-11)16-22-23-17(25)24(16)21-9-10-8-20-15-4-2-1-3-12(10)15/h1-9,20H,(H,23,25)/b21-9+. The van der Waals surface area contributed by atoms with Crippen molar-refractivity contribution in [3.8, 4) is 11.4 Å². The van der Waals surface area contributed by atoms with Crippen molar-refractivity contribution in [2.45, 2.75) is 0 Å². The third kappa shape index (κ3) is 3.00. The van der Waals surface area contributed by atoms with E-state index in [2.05, 4.69) is 20.3 Å². The monoisotopic (exact) mass is 387 g/mol. The van der Waals surface area contributed by atoms with E-state index in [4.69, 9.17) is 35.4 Å². The zero-order chi connectivity index (χ0) is 17.4. The number of nitrogens with zero attached hydrogens (tertiary/aromatic N) is 3. The number of rotatable bonds is 3. The van der Waals surface area contributed by atoms with Gasteiger partial charge in [-0.2, -0.15) is 14.9 Å². The number of para-hydroxylation sites is 1. The topological polar surface area (TPSA) is 61.8 Å². The van der Waals surface area contributed by atoms with Gasteiger partial charge in [-0.15, -0.1) is 0 Å². The predicted molar refractivity (Wildman–Crippen MR) is 104 cm³/mol. The molecule has 0 aliphatic heterocycles. The van der Waals surface area contributed by atoms with E-state index in [1.165, 1.54) is 4.68 Å². The van der Waals surface area contributed by atoms with E-state index in [0.717, 1.165) is 16.5 Å². The molecular formula is C17H11Cl2N5S. The summed E-state index contributed by atoms with van der Waals surface area (Å²) in [7, 11) is 0. The first-order valence-electron chi connectivity index (χ1n) is 7.37. The first-order valence-corrected chi connectivity index (χ1v) is 8.53. The average Bonchev–Trinajstić information content (AvgIpc) is 3.17. The van der Waals surface area contributed by atoms with Gasteiger partial charge < -0.3 is 4.98 Å². The Labute approximate surface area is 157 Å². The van der Waals surface area contributed by atoms with Crippen LogP contribution in [-0.4, -0.2) is 26.1 Å². The highest BCUT2D eigenvalue weighted by Crippen LogP contribution is 2.29. The van der Waals surface area contributed by atoms with Gasteiger partial charge in [0.1, 0.15) is 0 Å². The average molecular weight is 388 g/mol. The minimum atomic E-state index is 0.372. The zero-order valence-electron chi connectivity index (χ0n) is 12.7. The van der Waals surface area contributed by atoms with Crippen molar-refractivity contribution >= 4 is 52.5 Å². The maximum absolute atomic E-state index is 6.28. The summed E-state index contributed by atoms with van der Waals surface area (Å²) in [6.45, 7) is 0. The van der Waals surface area contributed by atoms with Crippen LogP contribution in [0.4, 0.5) is 0 Å². The van der Waals surface area contributed by atoms with E-state index < -0.39 is 0 Å². The van der Waals surface area contributed by atoms with E-state index >= 15 is 0 Å². The number of halogens is 2. The smallest absolute Gasteiger partial charge is 0.216 e. The van der Waals surface area contributed by atoms with Gasteiger partial charge in [0, 0.05) is 33.2 Å². The molecule has 8 heteroatoms. The summed E-state index contributed by atoms with van der Waals surface area (Å²) in [4.78, 5) is 3.21. The fraction of sp³-hybridized carbons (Fsp3) is 0. The molecule has 4 rings (SSSR count). The van der Waals surface area contributed by atoms with Crippen molar-refractivity contribution in [2.24, 2.45) is 5.10 Å². The highest BCUT2D eigenvalue weighted by atomic mass is 35.5. The van der Waals surface area contributed by atoms with Crippen LogP contribution in [0.5, 0.6) is 0 Å². The Morgan fingerprint density at radius 1 is 1.16 bits per heavy atom. The summed E-state index contributed by atoms with van der Waals surface area (Å²) in [5.74, 6) is 0.516. The Balaban J connectivity index is 1.79. The number of fused-ring (bicyclic) bond motifs is 1. The van der Waals surface area contributed by atoms with Crippen molar-refractivity contribution in [3.63, 3.8) is 0 Å². The Kier molecular flexibility index (Phi) is 4.17. The molecule has 2 aromatic heterocycles. The summed E-state index contributed by atoms with van der Waals surface area (Å²) >= 11 is 17.5. The molecule has 0 amide bonds. The Morgan fingerprint density at radius 3 is 2.84 bits per heavy atom. The zero-order valence-corrected chi connectivity index (χ0v) is 15.0. The molecule has 5 nitrogen and oxygen atoms in total. The lowest BCUT2D eigenvalue weighted by Crippen LogP contribution is -1.95. The number of H-pyrrole nitrogens is 2. The van der Waals surface area contributed by atoms with Crippen LogP contribution in [0.3, 0.4) is 0 Å². The van der Waals surface area contributed by atoms with E-state index in [9.17, 15) is 0 Å². The number of hydrogen-bond acceptors (Lipinski definition) is 3. The molecule has 2 heterocycles. The minimum absolute atomic E-state index is 0.372. The van der Waals surface area contributed by atoms with Crippen molar-refractivity contribution in [1.29, 1.82) is 0 Å². The second-order valence-electron chi connectivity index (χ2n) is 5.32. The van der Waals surface area contributed by atoms with Crippen LogP contribution in [0, 0.1) is 4.77 Å². The molecule has 0 aliphatic rings. The third-order valence-electron chi connectivity index (χ3n) is 3.76. The van der Waals surface area contributed by atoms with E-state index in [1.54, 1.807) is 24.4 Å². The highest BCUT2D eigenvalue weighted by molar-refractivity contribution is 7.71. The van der Waals surface area contributed by atoms with Gasteiger partial charge >= 0.3 is 0 Å². The fourth-order valence-electron chi connectivity index (χ4n) is 2.56. The van der Waals surface area contributed by atoms with Gasteiger partial charge in [0.25, 0.3) is 0 Å². The molecule has 25 heavy (non-hydrogen) atoms. The minimum Gasteiger partial charge on any atom is -0.361 e. The lowest BCUT2D eigenvalue weighted by molar-refractivity contribution is 0.872. The van der Waals surface area contributed by atoms with Crippen LogP contribution >= 0.6 is 35.4 Å². The second-order valence-corrected chi connectivity index (χ2v) is 6.55. The molecule has 0 unspecified atom stereocenters. The van der Waals surface area contributed by atoms with Crippen LogP contribution in [0.25, 0.3) is 22.3 Å². The van der Waals surface area contributed by atoms with E-state index in [-0.39, 0.29) is 0 Å². The molecule has 0 fully saturated rings. The van der Waals surface area contributed by atoms with Crippen LogP contribution < -0.4 is 0 Å². The molecule has 0 saturated heterocycles. The number of hydrogen-bond donors (Lipinski definition) is 2. The van der Waals surface area contributed by atoms with Gasteiger partial charge in [0.05, 0.1) is 11.2 Å². The van der Waals surface area contributed by atoms with Crippen molar-refractivity contribution < 1.29 is 0 Å². The van der Waals surface area contributed by atoms with Gasteiger partial charge in [-0.05, 0) is 36.5 Å². The van der Waals surface area contributed by atoms with Crippen LogP contribution in [0.15, 0.2) is 53.8 Å². The fourth-order valence-corrected chi connectivity index (χ4v) is 3.24. The quantitative estimate of drug-likeness (QED) is 0.371. The Morgan fingerprint density at radius 2 is 2.00 bits per heavy atom. The van der Waals surface area contributed by atoms with E-state index in [0.29, 0.717) is 26.2 Å². The lowest BCUT2D eigenvalue weighted by Gasteiger charge is -2.03. The summed E-state index contributed by atoms with van der Waals surface area (Å²) < 4.78 is 1.91. The molecule has 0 bridgehead atoms. The molecule has 2 aromatic carbocycles. The van der Waals surface area contributed by atoms with Gasteiger partial charge in [-0.3, -0.25) is 0 Å². The SMILES string of the molecule is S=c1[nH]nc(-c2ccc(Cl)cc2Cl)n1/N=C/c1c[nH]c2ccccc12. The number of aromatic amines is 2. The van der Waals surface area contributed by atoms with Gasteiger partial charge in [0.2, 0.25) is 4.77 Å². The van der Waals surface area contributed by atoms with E-state index in [1.807, 2.05) is 30.5 Å². The number of nitrogens with one attached hydrogen (secondary N) is 2. The molecule has 2 N–H and O–H groups in total. The molecule has 124 valence electrons. The van der Waals surface area contributed by atoms with Crippen molar-refractivity contribution in [1.82, 2.24) is 19.9 Å². The summed E-state index contributed by atoms with van der Waals surface area (Å²) in [6.07, 6.45) is 3.63. The molecule has 4 aromatic rings. The summed E-state index contributed by atoms with van der Waals surface area (Å²) in [6, 6.07) is 13.2. The Bertz CT molecular complexity index is 1160. The predicted octanol–water partition coefficient (Wildman–Crippen LogP) is 5.28. The Hall–Kier alpha value is -2.41. The highest BCUT2D eigenvalue weighted by Gasteiger charge is 2.12. The largest absolute Gasteiger partial charge is 0.361 e. The molecule has 0 atom stereocenters. The maximum Gasteiger partial charge on any atom is 0.216 e. The molecule has 0 spiro atoms. The second kappa shape index (κ2) is 6.48. The molecule has 0 radical (unpaired) electrons. The van der Waals surface area contributed by atoms with Crippen LogP contribution in [0.1, 0.15) is 5.56 Å². The molecule has 0 saturated carbocycles.